The van der Waals surface area contributed by atoms with Gasteiger partial charge in [0.25, 0.3) is 5.56 Å². The Morgan fingerprint density at radius 2 is 2.19 bits per heavy atom. The summed E-state index contributed by atoms with van der Waals surface area (Å²) >= 11 is 2.22. The van der Waals surface area contributed by atoms with Crippen molar-refractivity contribution >= 4 is 22.6 Å². The van der Waals surface area contributed by atoms with Gasteiger partial charge in [-0.15, -0.1) is 0 Å². The molecule has 0 saturated carbocycles. The van der Waals surface area contributed by atoms with E-state index in [0.717, 1.165) is 4.43 Å². The number of H-pyrrole nitrogens is 1. The van der Waals surface area contributed by atoms with E-state index in [1.165, 1.54) is 16.8 Å². The lowest BCUT2D eigenvalue weighted by molar-refractivity contribution is -0.0579. The van der Waals surface area contributed by atoms with Gasteiger partial charge >= 0.3 is 5.69 Å². The van der Waals surface area contributed by atoms with Crippen LogP contribution >= 0.6 is 22.6 Å². The third-order valence-corrected chi connectivity index (χ3v) is 3.67. The number of hydrogen-bond donors (Lipinski definition) is 1. The molecule has 2 fully saturated rings. The first-order chi connectivity index (χ1) is 7.70. The molecule has 1 N–H and O–H groups in total. The topological polar surface area (TPSA) is 76.6 Å². The van der Waals surface area contributed by atoms with Crippen LogP contribution in [0.4, 0.5) is 0 Å². The monoisotopic (exact) mass is 336 g/mol. The predicted octanol–water partition coefficient (Wildman–Crippen LogP) is -0.364. The molecule has 6 nitrogen and oxygen atoms in total. The molecule has 16 heavy (non-hydrogen) atoms. The number of aromatic amines is 1. The highest BCUT2D eigenvalue weighted by Crippen LogP contribution is 2.44. The summed E-state index contributed by atoms with van der Waals surface area (Å²) < 4.78 is 13.3. The van der Waals surface area contributed by atoms with Gasteiger partial charge in [0.2, 0.25) is 0 Å². The van der Waals surface area contributed by atoms with E-state index < -0.39 is 17.5 Å². The lowest BCUT2D eigenvalue weighted by atomic mass is 10.2. The first-order valence-electron chi connectivity index (χ1n) is 4.89. The molecule has 0 unspecified atom stereocenters. The second-order valence-corrected chi connectivity index (χ2v) is 4.68. The molecule has 86 valence electrons. The predicted molar refractivity (Wildman–Crippen MR) is 62.8 cm³/mol. The van der Waals surface area contributed by atoms with Gasteiger partial charge in [0, 0.05) is 16.7 Å². The van der Waals surface area contributed by atoms with Gasteiger partial charge in [0.15, 0.2) is 6.23 Å². The molecule has 0 bridgehead atoms. The Morgan fingerprint density at radius 1 is 1.38 bits per heavy atom. The molecule has 2 aliphatic rings. The molecule has 7 heteroatoms. The highest BCUT2D eigenvalue weighted by atomic mass is 127. The minimum Gasteiger partial charge on any atom is -0.362 e. The second-order valence-electron chi connectivity index (χ2n) is 3.80. The Kier molecular flexibility index (Phi) is 2.41. The van der Waals surface area contributed by atoms with Gasteiger partial charge < -0.3 is 9.47 Å². The number of fused-ring (bicyclic) bond motifs is 1. The molecule has 4 atom stereocenters. The Bertz CT molecular complexity index is 525. The van der Waals surface area contributed by atoms with Crippen LogP contribution in [-0.4, -0.2) is 32.3 Å². The fraction of sp³-hybridized carbons (Fsp3) is 0.556. The number of epoxide rings is 1. The molecule has 0 aliphatic carbocycles. The summed E-state index contributed by atoms with van der Waals surface area (Å²) in [4.78, 5) is 24.7. The minimum absolute atomic E-state index is 0.0365. The number of nitrogens with zero attached hydrogens (tertiary/aromatic N) is 1. The van der Waals surface area contributed by atoms with Crippen molar-refractivity contribution in [3.05, 3.63) is 33.1 Å². The van der Waals surface area contributed by atoms with Gasteiger partial charge in [-0.3, -0.25) is 14.3 Å². The van der Waals surface area contributed by atoms with E-state index >= 15 is 0 Å². The maximum Gasteiger partial charge on any atom is 0.330 e. The zero-order chi connectivity index (χ0) is 11.3. The fourth-order valence-electron chi connectivity index (χ4n) is 1.97. The van der Waals surface area contributed by atoms with E-state index in [1.807, 2.05) is 0 Å². The van der Waals surface area contributed by atoms with Crippen molar-refractivity contribution in [2.24, 2.45) is 0 Å². The number of alkyl halides is 1. The van der Waals surface area contributed by atoms with Crippen LogP contribution in [0.25, 0.3) is 0 Å². The van der Waals surface area contributed by atoms with Gasteiger partial charge in [-0.1, -0.05) is 22.6 Å². The molecule has 0 spiro atoms. The van der Waals surface area contributed by atoms with Crippen LogP contribution in [0.15, 0.2) is 21.9 Å². The molecule has 3 rings (SSSR count). The van der Waals surface area contributed by atoms with Gasteiger partial charge in [0.05, 0.1) is 6.10 Å². The summed E-state index contributed by atoms with van der Waals surface area (Å²) in [5, 5.41) is 0. The number of nitrogens with one attached hydrogen (secondary N) is 1. The summed E-state index contributed by atoms with van der Waals surface area (Å²) in [5.74, 6) is 0. The quantitative estimate of drug-likeness (QED) is 0.455. The van der Waals surface area contributed by atoms with Crippen molar-refractivity contribution in [2.45, 2.75) is 24.5 Å². The number of aromatic nitrogens is 2. The van der Waals surface area contributed by atoms with Gasteiger partial charge in [-0.25, -0.2) is 4.79 Å². The van der Waals surface area contributed by atoms with Crippen LogP contribution in [0.2, 0.25) is 0 Å². The first-order valence-corrected chi connectivity index (χ1v) is 6.41. The van der Waals surface area contributed by atoms with Crippen LogP contribution in [0.3, 0.4) is 0 Å². The molecule has 2 aliphatic heterocycles. The molecular weight excluding hydrogens is 327 g/mol. The van der Waals surface area contributed by atoms with Crippen LogP contribution < -0.4 is 11.2 Å². The maximum atomic E-state index is 11.6. The molecule has 0 amide bonds. The van der Waals surface area contributed by atoms with Crippen molar-refractivity contribution in [3.63, 3.8) is 0 Å². The first kappa shape index (κ1) is 10.5. The van der Waals surface area contributed by atoms with Gasteiger partial charge in [0.1, 0.15) is 12.2 Å². The summed E-state index contributed by atoms with van der Waals surface area (Å²) in [6.07, 6.45) is 1.12. The smallest absolute Gasteiger partial charge is 0.330 e. The average molecular weight is 336 g/mol. The van der Waals surface area contributed by atoms with Crippen LogP contribution in [-0.2, 0) is 9.47 Å². The largest absolute Gasteiger partial charge is 0.362 e. The second kappa shape index (κ2) is 3.67. The van der Waals surface area contributed by atoms with Crippen LogP contribution in [0, 0.1) is 0 Å². The van der Waals surface area contributed by atoms with E-state index in [9.17, 15) is 9.59 Å². The molecule has 3 heterocycles. The van der Waals surface area contributed by atoms with Crippen molar-refractivity contribution in [1.82, 2.24) is 9.55 Å². The zero-order valence-corrected chi connectivity index (χ0v) is 10.3. The summed E-state index contributed by atoms with van der Waals surface area (Å²) in [5.41, 5.74) is -0.862. The average Bonchev–Trinajstić information content (AvgIpc) is 2.96. The lowest BCUT2D eigenvalue weighted by Crippen LogP contribution is -2.34. The normalized spacial score (nSPS) is 36.1. The zero-order valence-electron chi connectivity index (χ0n) is 8.13. The van der Waals surface area contributed by atoms with Crippen molar-refractivity contribution < 1.29 is 9.47 Å². The highest BCUT2D eigenvalue weighted by molar-refractivity contribution is 14.1. The van der Waals surface area contributed by atoms with E-state index in [4.69, 9.17) is 9.47 Å². The molecule has 2 saturated heterocycles. The van der Waals surface area contributed by atoms with E-state index in [1.54, 1.807) is 0 Å². The molecule has 0 aromatic carbocycles. The maximum absolute atomic E-state index is 11.6. The fourth-order valence-corrected chi connectivity index (χ4v) is 2.68. The molecule has 0 radical (unpaired) electrons. The third-order valence-electron chi connectivity index (χ3n) is 2.80. The molecule has 1 aromatic heterocycles. The summed E-state index contributed by atoms with van der Waals surface area (Å²) in [6, 6.07) is 1.31. The number of rotatable bonds is 2. The van der Waals surface area contributed by atoms with Crippen LogP contribution in [0.1, 0.15) is 6.23 Å². The van der Waals surface area contributed by atoms with Crippen molar-refractivity contribution in [2.75, 3.05) is 4.43 Å². The standard InChI is InChI=1S/C9H9IN2O4/c10-3-4-6-7(16-6)8(15-4)12-2-1-5(13)11-9(12)14/h1-2,4,6-8H,3H2,(H,11,13,14)/t4-,6-,7-,8-/m1/s1. The molecular formula is C9H9IN2O4. The lowest BCUT2D eigenvalue weighted by Gasteiger charge is -2.17. The number of hydrogen-bond acceptors (Lipinski definition) is 4. The minimum atomic E-state index is -0.458. The highest BCUT2D eigenvalue weighted by Gasteiger charge is 2.58. The van der Waals surface area contributed by atoms with E-state index in [-0.39, 0.29) is 18.3 Å². The van der Waals surface area contributed by atoms with E-state index in [2.05, 4.69) is 27.6 Å². The van der Waals surface area contributed by atoms with Gasteiger partial charge in [-0.2, -0.15) is 0 Å². The Balaban J connectivity index is 1.94. The Hall–Kier alpha value is -0.670. The SMILES string of the molecule is O=c1ccn([C@@H]2O[C@H](CI)[C@H]3O[C@H]32)c(=O)[nH]1. The Labute approximate surface area is 104 Å². The number of ether oxygens (including phenoxy) is 2. The van der Waals surface area contributed by atoms with Gasteiger partial charge in [-0.05, 0) is 0 Å². The summed E-state index contributed by atoms with van der Waals surface area (Å²) in [7, 11) is 0. The van der Waals surface area contributed by atoms with Crippen LogP contribution in [0.5, 0.6) is 0 Å². The third kappa shape index (κ3) is 1.54. The van der Waals surface area contributed by atoms with Crippen molar-refractivity contribution in [3.8, 4) is 0 Å². The summed E-state index contributed by atoms with van der Waals surface area (Å²) in [6.45, 7) is 0. The molecule has 1 aromatic rings. The van der Waals surface area contributed by atoms with E-state index in [0.29, 0.717) is 0 Å². The number of halogens is 1. The van der Waals surface area contributed by atoms with Crippen molar-refractivity contribution in [1.29, 1.82) is 0 Å². The Morgan fingerprint density at radius 3 is 2.81 bits per heavy atom.